The van der Waals surface area contributed by atoms with E-state index in [1.807, 2.05) is 6.92 Å². The van der Waals surface area contributed by atoms with Gasteiger partial charge in [0.25, 0.3) is 0 Å². The van der Waals surface area contributed by atoms with Crippen LogP contribution >= 0.6 is 11.6 Å². The quantitative estimate of drug-likeness (QED) is 0.901. The maximum absolute atomic E-state index is 13.1. The first-order valence-corrected chi connectivity index (χ1v) is 7.17. The molecule has 7 heteroatoms. The van der Waals surface area contributed by atoms with Gasteiger partial charge < -0.3 is 15.2 Å². The van der Waals surface area contributed by atoms with Crippen molar-refractivity contribution in [2.75, 3.05) is 0 Å². The lowest BCUT2D eigenvalue weighted by Crippen LogP contribution is -2.36. The second-order valence-corrected chi connectivity index (χ2v) is 5.43. The average molecular weight is 326 g/mol. The number of hydrogen-bond donors (Lipinski definition) is 2. The van der Waals surface area contributed by atoms with Crippen molar-refractivity contribution in [1.29, 1.82) is 0 Å². The smallest absolute Gasteiger partial charge is 0.315 e. The summed E-state index contributed by atoms with van der Waals surface area (Å²) in [6, 6.07) is 3.71. The summed E-state index contributed by atoms with van der Waals surface area (Å²) in [5.41, 5.74) is 2.32. The third kappa shape index (κ3) is 3.76. The molecule has 5 nitrogen and oxygen atoms in total. The summed E-state index contributed by atoms with van der Waals surface area (Å²) >= 11 is 5.74. The number of amides is 2. The lowest BCUT2D eigenvalue weighted by atomic mass is 10.1. The van der Waals surface area contributed by atoms with Gasteiger partial charge in [0.2, 0.25) is 0 Å². The third-order valence-corrected chi connectivity index (χ3v) is 3.69. The monoisotopic (exact) mass is 325 g/mol. The van der Waals surface area contributed by atoms with E-state index in [-0.39, 0.29) is 17.1 Å². The molecule has 2 aromatic rings. The first-order valence-electron chi connectivity index (χ1n) is 6.79. The molecule has 22 heavy (non-hydrogen) atoms. The molecule has 2 N–H and O–H groups in total. The van der Waals surface area contributed by atoms with Gasteiger partial charge in [0.1, 0.15) is 11.6 Å². The van der Waals surface area contributed by atoms with Gasteiger partial charge in [0.05, 0.1) is 16.8 Å². The molecule has 0 fully saturated rings. The highest BCUT2D eigenvalue weighted by Gasteiger charge is 2.13. The van der Waals surface area contributed by atoms with Gasteiger partial charge in [-0.2, -0.15) is 0 Å². The van der Waals surface area contributed by atoms with Gasteiger partial charge in [-0.3, -0.25) is 0 Å². The largest absolute Gasteiger partial charge is 0.361 e. The average Bonchev–Trinajstić information content (AvgIpc) is 2.78. The van der Waals surface area contributed by atoms with Crippen molar-refractivity contribution in [2.24, 2.45) is 0 Å². The SMILES string of the molecule is Cc1noc(C)c1CNC(=O)N[C@@H](C)c1ccc(F)c(Cl)c1. The Morgan fingerprint density at radius 3 is 2.77 bits per heavy atom. The lowest BCUT2D eigenvalue weighted by molar-refractivity contribution is 0.237. The minimum absolute atomic E-state index is 0.0299. The Hall–Kier alpha value is -2.08. The van der Waals surface area contributed by atoms with E-state index in [9.17, 15) is 9.18 Å². The van der Waals surface area contributed by atoms with Crippen molar-refractivity contribution in [1.82, 2.24) is 15.8 Å². The van der Waals surface area contributed by atoms with Crippen LogP contribution in [-0.2, 0) is 6.54 Å². The molecule has 0 aliphatic rings. The number of hydrogen-bond acceptors (Lipinski definition) is 3. The maximum atomic E-state index is 13.1. The summed E-state index contributed by atoms with van der Waals surface area (Å²) in [6.45, 7) is 5.72. The molecule has 0 aliphatic carbocycles. The highest BCUT2D eigenvalue weighted by atomic mass is 35.5. The summed E-state index contributed by atoms with van der Waals surface area (Å²) in [5, 5.41) is 9.35. The molecule has 0 radical (unpaired) electrons. The molecule has 0 bridgehead atoms. The molecule has 1 heterocycles. The summed E-state index contributed by atoms with van der Waals surface area (Å²) in [5.74, 6) is 0.191. The first kappa shape index (κ1) is 16.3. The van der Waals surface area contributed by atoms with Gasteiger partial charge >= 0.3 is 6.03 Å². The Labute approximate surface area is 132 Å². The van der Waals surface area contributed by atoms with E-state index >= 15 is 0 Å². The standard InChI is InChI=1S/C15H17ClFN3O2/c1-8(11-4-5-14(17)13(16)6-11)19-15(21)18-7-12-9(2)20-22-10(12)3/h4-6,8H,7H2,1-3H3,(H2,18,19,21)/t8-/m0/s1. The minimum atomic E-state index is -0.486. The molecule has 0 unspecified atom stereocenters. The van der Waals surface area contributed by atoms with E-state index in [0.29, 0.717) is 12.3 Å². The number of carbonyl (C=O) groups excluding carboxylic acids is 1. The number of urea groups is 1. The van der Waals surface area contributed by atoms with E-state index in [1.54, 1.807) is 19.9 Å². The van der Waals surface area contributed by atoms with Gasteiger partial charge in [-0.1, -0.05) is 22.8 Å². The Bertz CT molecular complexity index is 668. The molecule has 2 rings (SSSR count). The number of carbonyl (C=O) groups is 1. The number of benzene rings is 1. The third-order valence-electron chi connectivity index (χ3n) is 3.40. The number of halogens is 2. The number of nitrogens with zero attached hydrogens (tertiary/aromatic N) is 1. The van der Waals surface area contributed by atoms with Crippen molar-refractivity contribution in [3.63, 3.8) is 0 Å². The zero-order valence-corrected chi connectivity index (χ0v) is 13.3. The van der Waals surface area contributed by atoms with Crippen molar-refractivity contribution in [3.05, 3.63) is 51.6 Å². The Morgan fingerprint density at radius 1 is 1.45 bits per heavy atom. The molecule has 0 saturated carbocycles. The highest BCUT2D eigenvalue weighted by Crippen LogP contribution is 2.20. The fraction of sp³-hybridized carbons (Fsp3) is 0.333. The van der Waals surface area contributed by atoms with Gasteiger partial charge in [-0.25, -0.2) is 9.18 Å². The van der Waals surface area contributed by atoms with Crippen LogP contribution in [-0.4, -0.2) is 11.2 Å². The highest BCUT2D eigenvalue weighted by molar-refractivity contribution is 6.30. The van der Waals surface area contributed by atoms with Crippen LogP contribution in [0.5, 0.6) is 0 Å². The first-order chi connectivity index (χ1) is 10.4. The van der Waals surface area contributed by atoms with Crippen molar-refractivity contribution in [2.45, 2.75) is 33.4 Å². The second-order valence-electron chi connectivity index (χ2n) is 5.02. The molecular formula is C15H17ClFN3O2. The van der Waals surface area contributed by atoms with Gasteiger partial charge in [-0.15, -0.1) is 0 Å². The van der Waals surface area contributed by atoms with Crippen LogP contribution in [0.15, 0.2) is 22.7 Å². The number of rotatable bonds is 4. The second kappa shape index (κ2) is 6.79. The fourth-order valence-corrected chi connectivity index (χ4v) is 2.22. The zero-order valence-electron chi connectivity index (χ0n) is 12.5. The Balaban J connectivity index is 1.92. The molecule has 0 aliphatic heterocycles. The summed E-state index contributed by atoms with van der Waals surface area (Å²) < 4.78 is 18.2. The Morgan fingerprint density at radius 2 is 2.18 bits per heavy atom. The molecule has 0 saturated heterocycles. The molecule has 0 spiro atoms. The summed E-state index contributed by atoms with van der Waals surface area (Å²) in [4.78, 5) is 11.9. The van der Waals surface area contributed by atoms with E-state index in [2.05, 4.69) is 15.8 Å². The minimum Gasteiger partial charge on any atom is -0.361 e. The van der Waals surface area contributed by atoms with E-state index in [0.717, 1.165) is 16.8 Å². The van der Waals surface area contributed by atoms with Crippen LogP contribution in [0.25, 0.3) is 0 Å². The van der Waals surface area contributed by atoms with Gasteiger partial charge in [-0.05, 0) is 38.5 Å². The van der Waals surface area contributed by atoms with Crippen LogP contribution in [0.3, 0.4) is 0 Å². The van der Waals surface area contributed by atoms with Gasteiger partial charge in [0.15, 0.2) is 0 Å². The molecule has 2 amide bonds. The fourth-order valence-electron chi connectivity index (χ4n) is 2.04. The van der Waals surface area contributed by atoms with Crippen LogP contribution in [0.1, 0.15) is 35.5 Å². The topological polar surface area (TPSA) is 67.2 Å². The summed E-state index contributed by atoms with van der Waals surface area (Å²) in [7, 11) is 0. The van der Waals surface area contributed by atoms with Crippen LogP contribution < -0.4 is 10.6 Å². The Kier molecular flexibility index (Phi) is 5.03. The molecule has 1 aromatic heterocycles. The van der Waals surface area contributed by atoms with Crippen molar-refractivity contribution < 1.29 is 13.7 Å². The van der Waals surface area contributed by atoms with Crippen molar-refractivity contribution >= 4 is 17.6 Å². The zero-order chi connectivity index (χ0) is 16.3. The molecule has 1 aromatic carbocycles. The number of aryl methyl sites for hydroxylation is 2. The van der Waals surface area contributed by atoms with Crippen LogP contribution in [0.2, 0.25) is 5.02 Å². The number of nitrogens with one attached hydrogen (secondary N) is 2. The molecular weight excluding hydrogens is 309 g/mol. The van der Waals surface area contributed by atoms with E-state index in [4.69, 9.17) is 16.1 Å². The predicted octanol–water partition coefficient (Wildman–Crippen LogP) is 3.64. The normalized spacial score (nSPS) is 12.0. The maximum Gasteiger partial charge on any atom is 0.315 e. The van der Waals surface area contributed by atoms with Gasteiger partial charge in [0, 0.05) is 12.1 Å². The number of aromatic nitrogens is 1. The predicted molar refractivity (Wildman–Crippen MR) is 81.2 cm³/mol. The van der Waals surface area contributed by atoms with E-state index in [1.165, 1.54) is 12.1 Å². The summed E-state index contributed by atoms with van der Waals surface area (Å²) in [6.07, 6.45) is 0. The molecule has 118 valence electrons. The van der Waals surface area contributed by atoms with Crippen molar-refractivity contribution in [3.8, 4) is 0 Å². The molecule has 1 atom stereocenters. The lowest BCUT2D eigenvalue weighted by Gasteiger charge is -2.15. The van der Waals surface area contributed by atoms with Crippen LogP contribution in [0.4, 0.5) is 9.18 Å². The van der Waals surface area contributed by atoms with E-state index < -0.39 is 5.82 Å². The van der Waals surface area contributed by atoms with Crippen LogP contribution in [0, 0.1) is 19.7 Å².